The molecule has 80 valence electrons. The lowest BCUT2D eigenvalue weighted by Gasteiger charge is -2.43. The van der Waals surface area contributed by atoms with Gasteiger partial charge in [-0.05, 0) is 25.5 Å². The molecular weight excluding hydrogens is 192 g/mol. The number of hydrogen-bond donors (Lipinski definition) is 1. The van der Waals surface area contributed by atoms with Gasteiger partial charge in [-0.2, -0.15) is 0 Å². The molecule has 3 nitrogen and oxygen atoms in total. The Kier molecular flexibility index (Phi) is 1.92. The summed E-state index contributed by atoms with van der Waals surface area (Å²) < 4.78 is 5.03. The number of hydrogen-bond acceptors (Lipinski definition) is 3. The summed E-state index contributed by atoms with van der Waals surface area (Å²) in [7, 11) is 0. The minimum Gasteiger partial charge on any atom is -0.429 e. The van der Waals surface area contributed by atoms with E-state index in [9.17, 15) is 9.90 Å². The molecule has 0 spiro atoms. The fourth-order valence-electron chi connectivity index (χ4n) is 1.82. The van der Waals surface area contributed by atoms with E-state index in [4.69, 9.17) is 4.74 Å². The zero-order valence-electron chi connectivity index (χ0n) is 9.07. The zero-order valence-corrected chi connectivity index (χ0v) is 9.07. The number of benzene rings is 1. The van der Waals surface area contributed by atoms with Gasteiger partial charge in [0.2, 0.25) is 5.79 Å². The molecule has 0 aliphatic carbocycles. The molecule has 0 saturated heterocycles. The zero-order chi connectivity index (χ0) is 11.3. The van der Waals surface area contributed by atoms with Crippen LogP contribution < -0.4 is 0 Å². The molecule has 1 N–H and O–H groups in total. The van der Waals surface area contributed by atoms with Crippen molar-refractivity contribution in [3.8, 4) is 0 Å². The number of carbonyl (C=O) groups is 1. The normalized spacial score (nSPS) is 28.1. The van der Waals surface area contributed by atoms with Crippen LogP contribution in [-0.2, 0) is 10.2 Å². The van der Waals surface area contributed by atoms with Gasteiger partial charge in [0.1, 0.15) is 0 Å². The first kappa shape index (κ1) is 10.2. The van der Waals surface area contributed by atoms with Gasteiger partial charge in [-0.25, -0.2) is 4.79 Å². The summed E-state index contributed by atoms with van der Waals surface area (Å²) in [5, 5.41) is 10.1. The van der Waals surface area contributed by atoms with Crippen LogP contribution in [0, 0.1) is 0 Å². The summed E-state index contributed by atoms with van der Waals surface area (Å²) in [4.78, 5) is 11.6. The van der Waals surface area contributed by atoms with Crippen LogP contribution in [0.15, 0.2) is 24.3 Å². The first-order chi connectivity index (χ1) is 6.86. The molecule has 15 heavy (non-hydrogen) atoms. The van der Waals surface area contributed by atoms with E-state index in [1.54, 1.807) is 12.1 Å². The third kappa shape index (κ3) is 1.27. The highest BCUT2D eigenvalue weighted by molar-refractivity contribution is 5.93. The third-order valence-corrected chi connectivity index (χ3v) is 3.27. The van der Waals surface area contributed by atoms with E-state index in [-0.39, 0.29) is 0 Å². The van der Waals surface area contributed by atoms with Gasteiger partial charge in [-0.15, -0.1) is 0 Å². The number of fused-ring (bicyclic) bond motifs is 1. The molecule has 0 saturated carbocycles. The van der Waals surface area contributed by atoms with Crippen LogP contribution in [0.5, 0.6) is 0 Å². The van der Waals surface area contributed by atoms with Crippen molar-refractivity contribution in [3.63, 3.8) is 0 Å². The lowest BCUT2D eigenvalue weighted by Crippen LogP contribution is -2.52. The molecule has 1 unspecified atom stereocenters. The first-order valence-electron chi connectivity index (χ1n) is 4.91. The van der Waals surface area contributed by atoms with Gasteiger partial charge >= 0.3 is 5.97 Å². The molecule has 1 aromatic carbocycles. The monoisotopic (exact) mass is 206 g/mol. The molecule has 0 fully saturated rings. The average Bonchev–Trinajstić information content (AvgIpc) is 2.15. The van der Waals surface area contributed by atoms with E-state index in [2.05, 4.69) is 0 Å². The van der Waals surface area contributed by atoms with Gasteiger partial charge in [0.25, 0.3) is 0 Å². The largest absolute Gasteiger partial charge is 0.429 e. The van der Waals surface area contributed by atoms with Crippen molar-refractivity contribution in [1.82, 2.24) is 0 Å². The van der Waals surface area contributed by atoms with Crippen molar-refractivity contribution >= 4 is 5.97 Å². The Bertz CT molecular complexity index is 419. The molecular formula is C12H14O3. The molecule has 0 bridgehead atoms. The second-order valence-corrected chi connectivity index (χ2v) is 4.54. The van der Waals surface area contributed by atoms with E-state index < -0.39 is 17.2 Å². The summed E-state index contributed by atoms with van der Waals surface area (Å²) in [6.45, 7) is 5.23. The van der Waals surface area contributed by atoms with Crippen molar-refractivity contribution < 1.29 is 14.6 Å². The van der Waals surface area contributed by atoms with Gasteiger partial charge in [-0.3, -0.25) is 0 Å². The molecule has 1 aliphatic heterocycles. The molecule has 1 heterocycles. The Balaban J connectivity index is 2.68. The van der Waals surface area contributed by atoms with Gasteiger partial charge in [0, 0.05) is 6.92 Å². The lowest BCUT2D eigenvalue weighted by molar-refractivity contribution is -0.198. The van der Waals surface area contributed by atoms with Crippen molar-refractivity contribution in [1.29, 1.82) is 0 Å². The van der Waals surface area contributed by atoms with E-state index in [1.807, 2.05) is 26.0 Å². The van der Waals surface area contributed by atoms with Crippen molar-refractivity contribution in [2.45, 2.75) is 32.0 Å². The van der Waals surface area contributed by atoms with E-state index >= 15 is 0 Å². The van der Waals surface area contributed by atoms with Gasteiger partial charge in [0.15, 0.2) is 0 Å². The quantitative estimate of drug-likeness (QED) is 0.659. The predicted octanol–water partition coefficient (Wildman–Crippen LogP) is 1.84. The first-order valence-corrected chi connectivity index (χ1v) is 4.91. The standard InChI is InChI=1S/C12H14O3/c1-11(2)9-7-5-4-6-8(9)10(13)15-12(11,3)14/h4-7,14H,1-3H3. The molecule has 1 aliphatic rings. The number of esters is 1. The van der Waals surface area contributed by atoms with Crippen LogP contribution in [0.25, 0.3) is 0 Å². The average molecular weight is 206 g/mol. The fraction of sp³-hybridized carbons (Fsp3) is 0.417. The predicted molar refractivity (Wildman–Crippen MR) is 55.5 cm³/mol. The number of cyclic esters (lactones) is 1. The smallest absolute Gasteiger partial charge is 0.340 e. The fourth-order valence-corrected chi connectivity index (χ4v) is 1.82. The Morgan fingerprint density at radius 3 is 2.47 bits per heavy atom. The maximum absolute atomic E-state index is 11.6. The summed E-state index contributed by atoms with van der Waals surface area (Å²) >= 11 is 0. The maximum Gasteiger partial charge on any atom is 0.340 e. The SMILES string of the molecule is CC1(O)OC(=O)c2ccccc2C1(C)C. The van der Waals surface area contributed by atoms with Crippen molar-refractivity contribution in [3.05, 3.63) is 35.4 Å². The molecule has 1 atom stereocenters. The number of aliphatic hydroxyl groups is 1. The third-order valence-electron chi connectivity index (χ3n) is 3.27. The Hall–Kier alpha value is -1.35. The highest BCUT2D eigenvalue weighted by Gasteiger charge is 2.49. The summed E-state index contributed by atoms with van der Waals surface area (Å²) in [6.07, 6.45) is 0. The molecule has 3 heteroatoms. The van der Waals surface area contributed by atoms with Crippen LogP contribution in [0.2, 0.25) is 0 Å². The lowest BCUT2D eigenvalue weighted by atomic mass is 9.73. The highest BCUT2D eigenvalue weighted by Crippen LogP contribution is 2.41. The van der Waals surface area contributed by atoms with Gasteiger partial charge in [-0.1, -0.05) is 18.2 Å². The molecule has 0 amide bonds. The van der Waals surface area contributed by atoms with Crippen LogP contribution in [0.1, 0.15) is 36.7 Å². The number of carbonyl (C=O) groups excluding carboxylic acids is 1. The molecule has 2 rings (SSSR count). The number of ether oxygens (including phenoxy) is 1. The van der Waals surface area contributed by atoms with Crippen molar-refractivity contribution in [2.75, 3.05) is 0 Å². The molecule has 1 aromatic rings. The minimum atomic E-state index is -1.46. The summed E-state index contributed by atoms with van der Waals surface area (Å²) in [5.74, 6) is -1.92. The summed E-state index contributed by atoms with van der Waals surface area (Å²) in [5.41, 5.74) is 0.762. The van der Waals surface area contributed by atoms with Crippen molar-refractivity contribution in [2.24, 2.45) is 0 Å². The minimum absolute atomic E-state index is 0.463. The maximum atomic E-state index is 11.6. The van der Waals surface area contributed by atoms with E-state index in [0.717, 1.165) is 5.56 Å². The van der Waals surface area contributed by atoms with E-state index in [1.165, 1.54) is 6.92 Å². The number of rotatable bonds is 0. The van der Waals surface area contributed by atoms with E-state index in [0.29, 0.717) is 5.56 Å². The van der Waals surface area contributed by atoms with Gasteiger partial charge < -0.3 is 9.84 Å². The van der Waals surface area contributed by atoms with Crippen LogP contribution in [0.4, 0.5) is 0 Å². The Morgan fingerprint density at radius 2 is 1.80 bits per heavy atom. The topological polar surface area (TPSA) is 46.5 Å². The summed E-state index contributed by atoms with van der Waals surface area (Å²) in [6, 6.07) is 7.21. The second kappa shape index (κ2) is 2.83. The van der Waals surface area contributed by atoms with Crippen LogP contribution >= 0.6 is 0 Å². The molecule has 0 radical (unpaired) electrons. The second-order valence-electron chi connectivity index (χ2n) is 4.54. The Labute approximate surface area is 88.7 Å². The van der Waals surface area contributed by atoms with Crippen LogP contribution in [-0.4, -0.2) is 16.9 Å². The highest BCUT2D eigenvalue weighted by atomic mass is 16.7. The van der Waals surface area contributed by atoms with Gasteiger partial charge in [0.05, 0.1) is 11.0 Å². The molecule has 0 aromatic heterocycles. The Morgan fingerprint density at radius 1 is 1.20 bits per heavy atom. The van der Waals surface area contributed by atoms with Crippen LogP contribution in [0.3, 0.4) is 0 Å².